The molecule has 0 unspecified atom stereocenters. The Morgan fingerprint density at radius 3 is 2.64 bits per heavy atom. The minimum atomic E-state index is -0.318. The van der Waals surface area contributed by atoms with Crippen LogP contribution in [-0.4, -0.2) is 38.7 Å². The summed E-state index contributed by atoms with van der Waals surface area (Å²) in [6, 6.07) is 10.5. The number of nitrogens with one attached hydrogen (secondary N) is 1. The average Bonchev–Trinajstić information content (AvgIpc) is 3.31. The first-order chi connectivity index (χ1) is 15.7. The summed E-state index contributed by atoms with van der Waals surface area (Å²) >= 11 is 0. The van der Waals surface area contributed by atoms with Gasteiger partial charge in [0, 0.05) is 43.3 Å². The van der Waals surface area contributed by atoms with Crippen molar-refractivity contribution in [2.45, 2.75) is 46.2 Å². The van der Waals surface area contributed by atoms with Gasteiger partial charge in [0.05, 0.1) is 11.3 Å². The van der Waals surface area contributed by atoms with Crippen LogP contribution in [0.5, 0.6) is 0 Å². The molecule has 1 aromatic carbocycles. The zero-order chi connectivity index (χ0) is 23.7. The second kappa shape index (κ2) is 9.05. The SMILES string of the molecule is Cc1nn(C)c(C)c1C[C@@H](C)NC(=O)c1ccc(=O)n(CC(=O)N2CCc3ccccc32)c1. The molecule has 3 aromatic rings. The van der Waals surface area contributed by atoms with Gasteiger partial charge in [-0.25, -0.2) is 0 Å². The van der Waals surface area contributed by atoms with E-state index in [1.165, 1.54) is 22.9 Å². The van der Waals surface area contributed by atoms with E-state index in [4.69, 9.17) is 0 Å². The van der Waals surface area contributed by atoms with E-state index in [1.54, 1.807) is 4.90 Å². The standard InChI is InChI=1S/C25H29N5O3/c1-16(13-21-17(2)27-28(4)18(21)3)26-25(33)20-9-10-23(31)29(14-20)15-24(32)30-12-11-19-7-5-6-8-22(19)30/h5-10,14,16H,11-13,15H2,1-4H3,(H,26,33)/t16-/m1/s1. The number of rotatable bonds is 6. The molecule has 172 valence electrons. The van der Waals surface area contributed by atoms with E-state index in [9.17, 15) is 14.4 Å². The Kier molecular flexibility index (Phi) is 6.18. The smallest absolute Gasteiger partial charge is 0.252 e. The fraction of sp³-hybridized carbons (Fsp3) is 0.360. The third-order valence-corrected chi connectivity index (χ3v) is 6.29. The van der Waals surface area contributed by atoms with E-state index in [-0.39, 0.29) is 30.0 Å². The molecule has 0 bridgehead atoms. The molecule has 0 radical (unpaired) electrons. The fourth-order valence-corrected chi connectivity index (χ4v) is 4.39. The number of anilines is 1. The molecule has 4 rings (SSSR count). The van der Waals surface area contributed by atoms with Crippen LogP contribution in [0.1, 0.15) is 39.8 Å². The van der Waals surface area contributed by atoms with E-state index in [1.807, 2.05) is 56.8 Å². The summed E-state index contributed by atoms with van der Waals surface area (Å²) in [6.45, 7) is 6.39. The van der Waals surface area contributed by atoms with Crippen molar-refractivity contribution in [3.63, 3.8) is 0 Å². The number of aromatic nitrogens is 3. The molecule has 2 aromatic heterocycles. The van der Waals surface area contributed by atoms with Crippen molar-refractivity contribution in [1.82, 2.24) is 19.7 Å². The van der Waals surface area contributed by atoms with Crippen molar-refractivity contribution in [2.24, 2.45) is 7.05 Å². The van der Waals surface area contributed by atoms with Gasteiger partial charge < -0.3 is 14.8 Å². The first-order valence-electron chi connectivity index (χ1n) is 11.1. The summed E-state index contributed by atoms with van der Waals surface area (Å²) in [5.74, 6) is -0.454. The molecule has 3 heterocycles. The number of amides is 2. The van der Waals surface area contributed by atoms with Gasteiger partial charge >= 0.3 is 0 Å². The van der Waals surface area contributed by atoms with Crippen LogP contribution >= 0.6 is 0 Å². The first kappa shape index (κ1) is 22.5. The zero-order valence-electron chi connectivity index (χ0n) is 19.5. The van der Waals surface area contributed by atoms with Crippen LogP contribution in [0.4, 0.5) is 5.69 Å². The monoisotopic (exact) mass is 447 g/mol. The van der Waals surface area contributed by atoms with Crippen LogP contribution in [-0.2, 0) is 31.2 Å². The predicted octanol–water partition coefficient (Wildman–Crippen LogP) is 2.15. The highest BCUT2D eigenvalue weighted by Crippen LogP contribution is 2.27. The number of para-hydroxylation sites is 1. The van der Waals surface area contributed by atoms with Gasteiger partial charge in [-0.15, -0.1) is 0 Å². The molecule has 2 amide bonds. The molecule has 1 N–H and O–H groups in total. The van der Waals surface area contributed by atoms with Crippen molar-refractivity contribution >= 4 is 17.5 Å². The summed E-state index contributed by atoms with van der Waals surface area (Å²) in [4.78, 5) is 39.8. The normalized spacial score (nSPS) is 13.6. The largest absolute Gasteiger partial charge is 0.349 e. The molecule has 0 spiro atoms. The van der Waals surface area contributed by atoms with Crippen molar-refractivity contribution in [3.8, 4) is 0 Å². The Morgan fingerprint density at radius 1 is 1.15 bits per heavy atom. The van der Waals surface area contributed by atoms with E-state index in [0.717, 1.165) is 34.6 Å². The lowest BCUT2D eigenvalue weighted by molar-refractivity contribution is -0.119. The highest BCUT2D eigenvalue weighted by molar-refractivity contribution is 5.96. The van der Waals surface area contributed by atoms with Gasteiger partial charge in [0.25, 0.3) is 11.5 Å². The number of carbonyl (C=O) groups excluding carboxylic acids is 2. The highest BCUT2D eigenvalue weighted by Gasteiger charge is 2.24. The number of pyridine rings is 1. The fourth-order valence-electron chi connectivity index (χ4n) is 4.39. The van der Waals surface area contributed by atoms with Crippen LogP contribution in [0.25, 0.3) is 0 Å². The minimum absolute atomic E-state index is 0.113. The van der Waals surface area contributed by atoms with Crippen molar-refractivity contribution < 1.29 is 9.59 Å². The van der Waals surface area contributed by atoms with E-state index in [0.29, 0.717) is 18.5 Å². The molecule has 1 aliphatic rings. The Hall–Kier alpha value is -3.68. The van der Waals surface area contributed by atoms with Gasteiger partial charge in [-0.3, -0.25) is 19.1 Å². The van der Waals surface area contributed by atoms with Crippen molar-refractivity contribution in [2.75, 3.05) is 11.4 Å². The third kappa shape index (κ3) is 4.60. The number of benzene rings is 1. The summed E-state index contributed by atoms with van der Waals surface area (Å²) in [5, 5.41) is 7.42. The molecule has 8 heteroatoms. The lowest BCUT2D eigenvalue weighted by Gasteiger charge is -2.18. The Labute approximate surface area is 192 Å². The number of hydrogen-bond donors (Lipinski definition) is 1. The quantitative estimate of drug-likeness (QED) is 0.627. The molecule has 1 atom stereocenters. The van der Waals surface area contributed by atoms with E-state index in [2.05, 4.69) is 10.4 Å². The number of aryl methyl sites for hydroxylation is 2. The van der Waals surface area contributed by atoms with Crippen LogP contribution in [0.3, 0.4) is 0 Å². The Morgan fingerprint density at radius 2 is 1.91 bits per heavy atom. The maximum Gasteiger partial charge on any atom is 0.252 e. The number of fused-ring (bicyclic) bond motifs is 1. The highest BCUT2D eigenvalue weighted by atomic mass is 16.2. The number of hydrogen-bond acceptors (Lipinski definition) is 4. The minimum Gasteiger partial charge on any atom is -0.349 e. The van der Waals surface area contributed by atoms with Crippen LogP contribution in [0.2, 0.25) is 0 Å². The van der Waals surface area contributed by atoms with Crippen LogP contribution < -0.4 is 15.8 Å². The van der Waals surface area contributed by atoms with Gasteiger partial charge in [0.2, 0.25) is 5.91 Å². The molecular weight excluding hydrogens is 418 g/mol. The summed E-state index contributed by atoms with van der Waals surface area (Å²) < 4.78 is 3.14. The van der Waals surface area contributed by atoms with Crippen molar-refractivity contribution in [1.29, 1.82) is 0 Å². The van der Waals surface area contributed by atoms with Crippen molar-refractivity contribution in [3.05, 3.63) is 81.0 Å². The molecule has 8 nitrogen and oxygen atoms in total. The first-order valence-corrected chi connectivity index (χ1v) is 11.1. The topological polar surface area (TPSA) is 89.2 Å². The summed E-state index contributed by atoms with van der Waals surface area (Å²) in [7, 11) is 1.90. The zero-order valence-corrected chi connectivity index (χ0v) is 19.5. The van der Waals surface area contributed by atoms with Crippen LogP contribution in [0, 0.1) is 13.8 Å². The molecule has 0 fully saturated rings. The molecule has 0 saturated carbocycles. The van der Waals surface area contributed by atoms with Crippen LogP contribution in [0.15, 0.2) is 47.4 Å². The summed E-state index contributed by atoms with van der Waals surface area (Å²) in [5.41, 5.74) is 5.18. The van der Waals surface area contributed by atoms with Gasteiger partial charge in [-0.2, -0.15) is 5.10 Å². The number of carbonyl (C=O) groups is 2. The molecule has 1 aliphatic heterocycles. The third-order valence-electron chi connectivity index (χ3n) is 6.29. The maximum atomic E-state index is 12.9. The van der Waals surface area contributed by atoms with Gasteiger partial charge in [0.15, 0.2) is 0 Å². The van der Waals surface area contributed by atoms with Gasteiger partial charge in [-0.05, 0) is 56.9 Å². The Balaban J connectivity index is 1.45. The van der Waals surface area contributed by atoms with Gasteiger partial charge in [-0.1, -0.05) is 18.2 Å². The second-order valence-corrected chi connectivity index (χ2v) is 8.66. The van der Waals surface area contributed by atoms with Gasteiger partial charge in [0.1, 0.15) is 6.54 Å². The lowest BCUT2D eigenvalue weighted by atomic mass is 10.0. The molecule has 33 heavy (non-hydrogen) atoms. The Bertz CT molecular complexity index is 1270. The lowest BCUT2D eigenvalue weighted by Crippen LogP contribution is -2.37. The summed E-state index contributed by atoms with van der Waals surface area (Å²) in [6.07, 6.45) is 2.92. The maximum absolute atomic E-state index is 12.9. The average molecular weight is 448 g/mol. The van der Waals surface area contributed by atoms with E-state index < -0.39 is 0 Å². The molecular formula is C25H29N5O3. The number of nitrogens with zero attached hydrogens (tertiary/aromatic N) is 4. The molecule has 0 saturated heterocycles. The molecule has 0 aliphatic carbocycles. The second-order valence-electron chi connectivity index (χ2n) is 8.66. The predicted molar refractivity (Wildman–Crippen MR) is 127 cm³/mol. The van der Waals surface area contributed by atoms with E-state index >= 15 is 0 Å².